The maximum absolute atomic E-state index is 2.26. The second kappa shape index (κ2) is 34.2. The van der Waals surface area contributed by atoms with E-state index in [1.807, 2.05) is 0 Å². The highest BCUT2D eigenvalue weighted by Gasteiger charge is 2.09. The lowest BCUT2D eigenvalue weighted by Crippen LogP contribution is -1.98. The Balaban J connectivity index is 0.000000486. The average molecular weight is 1140 g/mol. The van der Waals surface area contributed by atoms with Gasteiger partial charge in [0.05, 0.1) is 0 Å². The van der Waals surface area contributed by atoms with Crippen LogP contribution in [0.3, 0.4) is 0 Å². The molecule has 0 aliphatic rings. The molecule has 85 heavy (non-hydrogen) atoms. The van der Waals surface area contributed by atoms with Gasteiger partial charge in [-0.15, -0.1) is 0 Å². The third kappa shape index (κ3) is 21.6. The van der Waals surface area contributed by atoms with Crippen molar-refractivity contribution in [2.45, 2.75) is 256 Å². The van der Waals surface area contributed by atoms with E-state index in [1.54, 1.807) is 0 Å². The van der Waals surface area contributed by atoms with Gasteiger partial charge >= 0.3 is 0 Å². The molecule has 0 fully saturated rings. The summed E-state index contributed by atoms with van der Waals surface area (Å²) in [6, 6.07) is 24.4. The summed E-state index contributed by atoms with van der Waals surface area (Å²) in [5.41, 5.74) is 52.6. The standard InChI is InChI=1S/C12H18.3C11H16.4C10H14/c1-7-8(2)10(4)12(6)11(5)9(7)3;3*1-7-6-8(2)10(4)11(5)9(7)3;1-7-5-9(3)10(4)6-8(7)2;1-7-5-8(2)10(4)9(3)6-7;2*1-7-5-6-8(2)10(4)9(7)3/h1-6H3;3*6H,1-5H3;4*5-6H,1-4H3. The summed E-state index contributed by atoms with van der Waals surface area (Å²) in [6.45, 7) is 80.7. The van der Waals surface area contributed by atoms with Crippen LogP contribution in [0, 0.1) is 256 Å². The fourth-order valence-corrected chi connectivity index (χ4v) is 10.5. The van der Waals surface area contributed by atoms with Crippen molar-refractivity contribution in [2.75, 3.05) is 0 Å². The second-order valence-electron chi connectivity index (χ2n) is 25.8. The van der Waals surface area contributed by atoms with Gasteiger partial charge in [0.15, 0.2) is 0 Å². The SMILES string of the molecule is Cc1c(C)c(C)c(C)c(C)c1C.Cc1cc(C)c(C)c(C)c1.Cc1cc(C)c(C)c(C)c1C.Cc1cc(C)c(C)c(C)c1C.Cc1cc(C)c(C)c(C)c1C.Cc1cc(C)c(C)cc1C.Cc1ccc(C)c(C)c1C.Cc1ccc(C)c(C)c1C. The van der Waals surface area contributed by atoms with Gasteiger partial charge in [-0.3, -0.25) is 0 Å². The largest absolute Gasteiger partial charge is 0.0588 e. The first-order chi connectivity index (χ1) is 39.0. The van der Waals surface area contributed by atoms with Crippen molar-refractivity contribution in [3.63, 3.8) is 0 Å². The van der Waals surface area contributed by atoms with Gasteiger partial charge in [0.25, 0.3) is 0 Å². The molecule has 8 aromatic rings. The Kier molecular flexibility index (Phi) is 30.9. The molecule has 0 heteroatoms. The Morgan fingerprint density at radius 2 is 0.224 bits per heavy atom. The molecule has 0 bridgehead atoms. The van der Waals surface area contributed by atoms with Gasteiger partial charge in [-0.25, -0.2) is 0 Å². The van der Waals surface area contributed by atoms with Gasteiger partial charge in [-0.1, -0.05) is 72.3 Å². The van der Waals surface area contributed by atoms with E-state index in [9.17, 15) is 0 Å². The zero-order valence-electron chi connectivity index (χ0n) is 61.9. The molecule has 0 amide bonds. The summed E-state index contributed by atoms with van der Waals surface area (Å²) in [7, 11) is 0. The van der Waals surface area contributed by atoms with Gasteiger partial charge in [-0.05, 0) is 456 Å². The number of aryl methyl sites for hydroxylation is 17. The van der Waals surface area contributed by atoms with Crippen LogP contribution < -0.4 is 0 Å². The monoisotopic (exact) mass is 1140 g/mol. The minimum Gasteiger partial charge on any atom is -0.0588 e. The van der Waals surface area contributed by atoms with Crippen molar-refractivity contribution in [3.8, 4) is 0 Å². The topological polar surface area (TPSA) is 0 Å². The van der Waals surface area contributed by atoms with E-state index >= 15 is 0 Å². The third-order valence-corrected chi connectivity index (χ3v) is 20.4. The molecule has 0 unspecified atom stereocenters. The molecular formula is C85H122. The molecule has 0 aliphatic carbocycles. The lowest BCUT2D eigenvalue weighted by molar-refractivity contribution is 1.13. The Bertz CT molecular complexity index is 3060. The van der Waals surface area contributed by atoms with E-state index in [4.69, 9.17) is 0 Å². The Hall–Kier alpha value is -6.24. The van der Waals surface area contributed by atoms with E-state index in [-0.39, 0.29) is 0 Å². The number of benzene rings is 8. The first-order valence-electron chi connectivity index (χ1n) is 31.4. The molecule has 0 saturated heterocycles. The van der Waals surface area contributed by atoms with E-state index in [1.165, 1.54) is 206 Å². The molecule has 0 radical (unpaired) electrons. The lowest BCUT2D eigenvalue weighted by atomic mass is 9.90. The van der Waals surface area contributed by atoms with Gasteiger partial charge < -0.3 is 0 Å². The van der Waals surface area contributed by atoms with Gasteiger partial charge in [0.1, 0.15) is 0 Å². The van der Waals surface area contributed by atoms with Crippen LogP contribution in [0.5, 0.6) is 0 Å². The maximum atomic E-state index is 2.26. The van der Waals surface area contributed by atoms with Crippen LogP contribution in [0.25, 0.3) is 0 Å². The zero-order chi connectivity index (χ0) is 66.1. The number of hydrogen-bond acceptors (Lipinski definition) is 0. The number of rotatable bonds is 0. The number of hydrogen-bond donors (Lipinski definition) is 0. The maximum Gasteiger partial charge on any atom is -0.0392 e. The molecule has 0 spiro atoms. The molecule has 8 rings (SSSR count). The Labute approximate surface area is 525 Å². The van der Waals surface area contributed by atoms with Gasteiger partial charge in [0.2, 0.25) is 0 Å². The molecule has 0 N–H and O–H groups in total. The second-order valence-corrected chi connectivity index (χ2v) is 25.8. The molecule has 0 aromatic heterocycles. The molecule has 462 valence electrons. The van der Waals surface area contributed by atoms with Crippen LogP contribution in [-0.4, -0.2) is 0 Å². The Morgan fingerprint density at radius 3 is 0.388 bits per heavy atom. The van der Waals surface area contributed by atoms with Gasteiger partial charge in [0, 0.05) is 0 Å². The third-order valence-electron chi connectivity index (χ3n) is 20.4. The molecule has 0 saturated carbocycles. The molecule has 0 atom stereocenters. The van der Waals surface area contributed by atoms with Crippen LogP contribution in [-0.2, 0) is 0 Å². The summed E-state index contributed by atoms with van der Waals surface area (Å²) >= 11 is 0. The van der Waals surface area contributed by atoms with Crippen molar-refractivity contribution < 1.29 is 0 Å². The van der Waals surface area contributed by atoms with Crippen LogP contribution in [0.4, 0.5) is 0 Å². The highest BCUT2D eigenvalue weighted by molar-refractivity contribution is 5.49. The zero-order valence-corrected chi connectivity index (χ0v) is 61.9. The fourth-order valence-electron chi connectivity index (χ4n) is 10.5. The fraction of sp³-hybridized carbons (Fsp3) is 0.435. The van der Waals surface area contributed by atoms with Crippen LogP contribution in [0.2, 0.25) is 0 Å². The lowest BCUT2D eigenvalue weighted by Gasteiger charge is -2.15. The van der Waals surface area contributed by atoms with Crippen LogP contribution in [0.15, 0.2) is 66.7 Å². The minimum atomic E-state index is 1.36. The molecule has 0 heterocycles. The van der Waals surface area contributed by atoms with E-state index < -0.39 is 0 Å². The molecular weight excluding hydrogens is 1020 g/mol. The minimum absolute atomic E-state index is 1.36. The summed E-state index contributed by atoms with van der Waals surface area (Å²) in [5, 5.41) is 0. The molecule has 0 aliphatic heterocycles. The summed E-state index contributed by atoms with van der Waals surface area (Å²) in [5.74, 6) is 0. The first kappa shape index (κ1) is 76.8. The molecule has 8 aromatic carbocycles. The van der Waals surface area contributed by atoms with Crippen molar-refractivity contribution in [3.05, 3.63) is 273 Å². The normalized spacial score (nSPS) is 10.2. The predicted molar refractivity (Wildman–Crippen MR) is 387 cm³/mol. The van der Waals surface area contributed by atoms with Crippen molar-refractivity contribution in [1.82, 2.24) is 0 Å². The van der Waals surface area contributed by atoms with Crippen LogP contribution >= 0.6 is 0 Å². The summed E-state index contributed by atoms with van der Waals surface area (Å²) in [6.07, 6.45) is 0. The van der Waals surface area contributed by atoms with E-state index in [0.29, 0.717) is 0 Å². The highest BCUT2D eigenvalue weighted by atomic mass is 14.1. The predicted octanol–water partition coefficient (Wildman–Crippen LogP) is 24.9. The van der Waals surface area contributed by atoms with Gasteiger partial charge in [-0.2, -0.15) is 0 Å². The first-order valence-corrected chi connectivity index (χ1v) is 31.4. The van der Waals surface area contributed by atoms with Crippen molar-refractivity contribution >= 4 is 0 Å². The van der Waals surface area contributed by atoms with E-state index in [2.05, 4.69) is 323 Å². The average Bonchev–Trinajstić information content (AvgIpc) is 3.50. The summed E-state index contributed by atoms with van der Waals surface area (Å²) < 4.78 is 0. The summed E-state index contributed by atoms with van der Waals surface area (Å²) in [4.78, 5) is 0. The van der Waals surface area contributed by atoms with Crippen LogP contribution in [0.1, 0.15) is 206 Å². The quantitative estimate of drug-likeness (QED) is 0.142. The smallest absolute Gasteiger partial charge is 0.0392 e. The highest BCUT2D eigenvalue weighted by Crippen LogP contribution is 2.26. The van der Waals surface area contributed by atoms with E-state index in [0.717, 1.165) is 0 Å². The Morgan fingerprint density at radius 1 is 0.106 bits per heavy atom. The molecule has 0 nitrogen and oxygen atoms in total. The van der Waals surface area contributed by atoms with Crippen molar-refractivity contribution in [1.29, 1.82) is 0 Å². The van der Waals surface area contributed by atoms with Crippen molar-refractivity contribution in [2.24, 2.45) is 0 Å².